The Balaban J connectivity index is 3.31. The van der Waals surface area contributed by atoms with Crippen molar-refractivity contribution in [2.75, 3.05) is 6.61 Å². The first-order valence-electron chi connectivity index (χ1n) is 4.72. The van der Waals surface area contributed by atoms with Gasteiger partial charge in [-0.3, -0.25) is 4.79 Å². The van der Waals surface area contributed by atoms with Crippen molar-refractivity contribution >= 4 is 5.78 Å². The van der Waals surface area contributed by atoms with Crippen LogP contribution in [0.15, 0.2) is 12.1 Å². The van der Waals surface area contributed by atoms with Crippen molar-refractivity contribution in [3.63, 3.8) is 0 Å². The second kappa shape index (κ2) is 5.01. The Kier molecular flexibility index (Phi) is 3.93. The Morgan fingerprint density at radius 2 is 2.06 bits per heavy atom. The number of carbonyl (C=O) groups excluding carboxylic acids is 1. The average molecular weight is 232 g/mol. The Labute approximate surface area is 91.0 Å². The van der Waals surface area contributed by atoms with Crippen molar-refractivity contribution in [1.82, 2.24) is 0 Å². The van der Waals surface area contributed by atoms with E-state index in [-0.39, 0.29) is 17.9 Å². The van der Waals surface area contributed by atoms with E-state index >= 15 is 0 Å². The second-order valence-electron chi connectivity index (χ2n) is 3.16. The fraction of sp³-hybridized carbons (Fsp3) is 0.364. The van der Waals surface area contributed by atoms with E-state index < -0.39 is 23.6 Å². The van der Waals surface area contributed by atoms with Crippen molar-refractivity contribution in [2.24, 2.45) is 0 Å². The van der Waals surface area contributed by atoms with Gasteiger partial charge in [-0.15, -0.1) is 0 Å². The molecule has 1 rings (SSSR count). The Bertz CT molecular complexity index is 402. The quantitative estimate of drug-likeness (QED) is 0.744. The van der Waals surface area contributed by atoms with E-state index in [4.69, 9.17) is 4.74 Å². The van der Waals surface area contributed by atoms with E-state index in [1.54, 1.807) is 6.92 Å². The molecule has 0 N–H and O–H groups in total. The zero-order chi connectivity index (χ0) is 12.3. The van der Waals surface area contributed by atoms with Gasteiger partial charge < -0.3 is 4.74 Å². The second-order valence-corrected chi connectivity index (χ2v) is 3.16. The number of carbonyl (C=O) groups is 1. The molecule has 0 amide bonds. The van der Waals surface area contributed by atoms with Gasteiger partial charge in [-0.2, -0.15) is 0 Å². The monoisotopic (exact) mass is 232 g/mol. The lowest BCUT2D eigenvalue weighted by Gasteiger charge is -2.11. The van der Waals surface area contributed by atoms with Crippen molar-refractivity contribution in [3.05, 3.63) is 29.1 Å². The molecule has 0 fully saturated rings. The molecule has 88 valence electrons. The van der Waals surface area contributed by atoms with Crippen LogP contribution in [-0.4, -0.2) is 12.4 Å². The Morgan fingerprint density at radius 1 is 1.44 bits per heavy atom. The number of ketones is 1. The third-order valence-corrected chi connectivity index (χ3v) is 2.01. The molecular formula is C11H11F3O2. The Hall–Kier alpha value is -1.52. The molecule has 0 aromatic heterocycles. The molecule has 0 aliphatic rings. The van der Waals surface area contributed by atoms with Gasteiger partial charge in [0, 0.05) is 0 Å². The highest BCUT2D eigenvalue weighted by Gasteiger charge is 2.19. The lowest BCUT2D eigenvalue weighted by atomic mass is 10.1. The molecular weight excluding hydrogens is 221 g/mol. The molecule has 0 unspecified atom stereocenters. The SMILES string of the molecule is CCOc1cc(C(F)F)c(F)cc1C(C)=O. The topological polar surface area (TPSA) is 26.3 Å². The van der Waals surface area contributed by atoms with Crippen LogP contribution in [0.5, 0.6) is 5.75 Å². The smallest absolute Gasteiger partial charge is 0.266 e. The fourth-order valence-corrected chi connectivity index (χ4v) is 1.29. The van der Waals surface area contributed by atoms with Gasteiger partial charge in [-0.05, 0) is 26.0 Å². The molecule has 0 atom stereocenters. The predicted octanol–water partition coefficient (Wildman–Crippen LogP) is 3.36. The lowest BCUT2D eigenvalue weighted by molar-refractivity contribution is 0.101. The molecule has 2 nitrogen and oxygen atoms in total. The molecule has 0 saturated heterocycles. The summed E-state index contributed by atoms with van der Waals surface area (Å²) in [6, 6.07) is 1.66. The van der Waals surface area contributed by atoms with Gasteiger partial charge in [0.05, 0.1) is 17.7 Å². The third-order valence-electron chi connectivity index (χ3n) is 2.01. The summed E-state index contributed by atoms with van der Waals surface area (Å²) in [4.78, 5) is 11.1. The van der Waals surface area contributed by atoms with Crippen LogP contribution in [-0.2, 0) is 0 Å². The number of ether oxygens (including phenoxy) is 1. The minimum atomic E-state index is -2.93. The van der Waals surface area contributed by atoms with E-state index in [2.05, 4.69) is 0 Å². The molecule has 1 aromatic rings. The van der Waals surface area contributed by atoms with Crippen LogP contribution in [0.4, 0.5) is 13.2 Å². The molecule has 16 heavy (non-hydrogen) atoms. The summed E-state index contributed by atoms with van der Waals surface area (Å²) in [6.45, 7) is 3.09. The van der Waals surface area contributed by atoms with Crippen molar-refractivity contribution in [1.29, 1.82) is 0 Å². The summed E-state index contributed by atoms with van der Waals surface area (Å²) in [5.41, 5.74) is -0.780. The highest BCUT2D eigenvalue weighted by molar-refractivity contribution is 5.96. The van der Waals surface area contributed by atoms with Crippen molar-refractivity contribution < 1.29 is 22.7 Å². The minimum Gasteiger partial charge on any atom is -0.493 e. The molecule has 5 heteroatoms. The third kappa shape index (κ3) is 2.53. The van der Waals surface area contributed by atoms with Crippen LogP contribution in [0.25, 0.3) is 0 Å². The maximum Gasteiger partial charge on any atom is 0.266 e. The highest BCUT2D eigenvalue weighted by atomic mass is 19.3. The van der Waals surface area contributed by atoms with Crippen LogP contribution in [0.2, 0.25) is 0 Å². The summed E-state index contributed by atoms with van der Waals surface area (Å²) in [5, 5.41) is 0. The number of halogens is 3. The van der Waals surface area contributed by atoms with Crippen LogP contribution in [0, 0.1) is 5.82 Å². The molecule has 0 aliphatic carbocycles. The summed E-state index contributed by atoms with van der Waals surface area (Å²) in [7, 11) is 0. The standard InChI is InChI=1S/C11H11F3O2/c1-3-16-10-5-8(11(13)14)9(12)4-7(10)6(2)15/h4-5,11H,3H2,1-2H3. The molecule has 0 aliphatic heterocycles. The van der Waals surface area contributed by atoms with Gasteiger partial charge >= 0.3 is 0 Å². The molecule has 0 radical (unpaired) electrons. The normalized spacial score (nSPS) is 10.6. The van der Waals surface area contributed by atoms with E-state index in [1.807, 2.05) is 0 Å². The molecule has 0 heterocycles. The van der Waals surface area contributed by atoms with Gasteiger partial charge in [-0.25, -0.2) is 13.2 Å². The molecule has 0 saturated carbocycles. The van der Waals surface area contributed by atoms with Crippen molar-refractivity contribution in [3.8, 4) is 5.75 Å². The van der Waals surface area contributed by atoms with Crippen LogP contribution in [0.3, 0.4) is 0 Å². The summed E-state index contributed by atoms with van der Waals surface area (Å²) in [5.74, 6) is -1.53. The largest absolute Gasteiger partial charge is 0.493 e. The van der Waals surface area contributed by atoms with Gasteiger partial charge in [-0.1, -0.05) is 0 Å². The number of Topliss-reactive ketones (excluding diaryl/α,β-unsaturated/α-hetero) is 1. The zero-order valence-electron chi connectivity index (χ0n) is 8.89. The number of alkyl halides is 2. The van der Waals surface area contributed by atoms with Crippen LogP contribution < -0.4 is 4.74 Å². The van der Waals surface area contributed by atoms with Crippen LogP contribution >= 0.6 is 0 Å². The zero-order valence-corrected chi connectivity index (χ0v) is 8.89. The van der Waals surface area contributed by atoms with E-state index in [0.717, 1.165) is 12.1 Å². The molecule has 0 spiro atoms. The average Bonchev–Trinajstić information content (AvgIpc) is 2.19. The first-order valence-corrected chi connectivity index (χ1v) is 4.72. The van der Waals surface area contributed by atoms with Crippen molar-refractivity contribution in [2.45, 2.75) is 20.3 Å². The Morgan fingerprint density at radius 3 is 2.50 bits per heavy atom. The van der Waals surface area contributed by atoms with Gasteiger partial charge in [0.25, 0.3) is 6.43 Å². The number of benzene rings is 1. The number of hydrogen-bond donors (Lipinski definition) is 0. The van der Waals surface area contributed by atoms with Crippen LogP contribution in [0.1, 0.15) is 36.2 Å². The maximum absolute atomic E-state index is 13.2. The maximum atomic E-state index is 13.2. The van der Waals surface area contributed by atoms with E-state index in [1.165, 1.54) is 6.92 Å². The lowest BCUT2D eigenvalue weighted by Crippen LogP contribution is -2.04. The first-order chi connectivity index (χ1) is 7.47. The minimum absolute atomic E-state index is 0.00769. The van der Waals surface area contributed by atoms with Gasteiger partial charge in [0.2, 0.25) is 0 Å². The molecule has 0 bridgehead atoms. The first kappa shape index (κ1) is 12.5. The fourth-order valence-electron chi connectivity index (χ4n) is 1.29. The summed E-state index contributed by atoms with van der Waals surface area (Å²) < 4.78 is 43.0. The van der Waals surface area contributed by atoms with Gasteiger partial charge in [0.15, 0.2) is 5.78 Å². The van der Waals surface area contributed by atoms with E-state index in [9.17, 15) is 18.0 Å². The molecule has 1 aromatic carbocycles. The summed E-state index contributed by atoms with van der Waals surface area (Å²) >= 11 is 0. The number of hydrogen-bond acceptors (Lipinski definition) is 2. The predicted molar refractivity (Wildman–Crippen MR) is 52.5 cm³/mol. The van der Waals surface area contributed by atoms with E-state index in [0.29, 0.717) is 0 Å². The summed E-state index contributed by atoms with van der Waals surface area (Å²) in [6.07, 6.45) is -2.93. The van der Waals surface area contributed by atoms with Gasteiger partial charge in [0.1, 0.15) is 11.6 Å². The number of rotatable bonds is 4. The highest BCUT2D eigenvalue weighted by Crippen LogP contribution is 2.29.